The van der Waals surface area contributed by atoms with E-state index in [1.54, 1.807) is 11.2 Å². The number of nitrogens with zero attached hydrogens (tertiary/aromatic N) is 2. The number of hydrogen-bond acceptors (Lipinski definition) is 6. The summed E-state index contributed by atoms with van der Waals surface area (Å²) in [7, 11) is 2.05. The van der Waals surface area contributed by atoms with Crippen LogP contribution in [0.15, 0.2) is 27.6 Å². The van der Waals surface area contributed by atoms with E-state index in [1.165, 1.54) is 6.07 Å². The molecule has 5 aliphatic rings. The van der Waals surface area contributed by atoms with Crippen molar-refractivity contribution in [1.29, 1.82) is 0 Å². The van der Waals surface area contributed by atoms with E-state index in [0.717, 1.165) is 63.6 Å². The minimum absolute atomic E-state index is 0.0853. The molecule has 1 aliphatic heterocycles. The molecule has 2 heterocycles. The number of carboxylic acid groups (broad SMARTS) is 1. The SMILES string of the molecule is CN1CCN(C(=O)O)C([C@H]2CC[C@]3(C)[C@H]4CC[C@]5(C)[C@@H](c6ccc(=O)oc6)CC[C@]5(O)[C@@H]4CC[C@]3(O)C2)C1. The second kappa shape index (κ2) is 8.80. The quantitative estimate of drug-likeness (QED) is 0.533. The van der Waals surface area contributed by atoms with Crippen LogP contribution in [-0.4, -0.2) is 75.1 Å². The van der Waals surface area contributed by atoms with Gasteiger partial charge in [0.2, 0.25) is 0 Å². The van der Waals surface area contributed by atoms with Crippen LogP contribution in [0.4, 0.5) is 4.79 Å². The lowest BCUT2D eigenvalue weighted by Crippen LogP contribution is -2.68. The average molecular weight is 529 g/mol. The molecule has 9 atom stereocenters. The van der Waals surface area contributed by atoms with Crippen LogP contribution in [0, 0.1) is 28.6 Å². The first-order valence-electron chi connectivity index (χ1n) is 14.6. The fourth-order valence-electron chi connectivity index (χ4n) is 10.3. The first-order chi connectivity index (χ1) is 17.9. The Kier molecular flexibility index (Phi) is 6.10. The van der Waals surface area contributed by atoms with Crippen molar-refractivity contribution in [2.45, 2.75) is 94.8 Å². The molecule has 1 aromatic heterocycles. The number of carbonyl (C=O) groups is 1. The molecule has 0 aromatic carbocycles. The Morgan fingerprint density at radius 3 is 2.42 bits per heavy atom. The molecule has 3 N–H and O–H groups in total. The van der Waals surface area contributed by atoms with Crippen LogP contribution in [0.3, 0.4) is 0 Å². The van der Waals surface area contributed by atoms with Crippen molar-refractivity contribution in [2.75, 3.05) is 26.7 Å². The van der Waals surface area contributed by atoms with Gasteiger partial charge in [-0.2, -0.15) is 0 Å². The maximum absolute atomic E-state index is 12.5. The second-order valence-corrected chi connectivity index (χ2v) is 13.9. The molecule has 4 aliphatic carbocycles. The summed E-state index contributed by atoms with van der Waals surface area (Å²) in [6, 6.07) is 3.26. The predicted molar refractivity (Wildman–Crippen MR) is 142 cm³/mol. The van der Waals surface area contributed by atoms with Crippen LogP contribution in [0.5, 0.6) is 0 Å². The van der Waals surface area contributed by atoms with Gasteiger partial charge >= 0.3 is 11.7 Å². The van der Waals surface area contributed by atoms with E-state index in [2.05, 4.69) is 25.8 Å². The highest BCUT2D eigenvalue weighted by molar-refractivity contribution is 5.65. The molecule has 5 fully saturated rings. The topological polar surface area (TPSA) is 114 Å². The lowest BCUT2D eigenvalue weighted by Gasteiger charge is -2.66. The fraction of sp³-hybridized carbons (Fsp3) is 0.800. The van der Waals surface area contributed by atoms with Crippen LogP contribution in [0.25, 0.3) is 0 Å². The van der Waals surface area contributed by atoms with Gasteiger partial charge in [-0.3, -0.25) is 0 Å². The minimum atomic E-state index is -0.852. The summed E-state index contributed by atoms with van der Waals surface area (Å²) in [5.41, 5.74) is -1.60. The number of rotatable bonds is 2. The highest BCUT2D eigenvalue weighted by Crippen LogP contribution is 2.71. The Hall–Kier alpha value is -1.90. The van der Waals surface area contributed by atoms with Crippen molar-refractivity contribution >= 4 is 6.09 Å². The molecular weight excluding hydrogens is 484 g/mol. The van der Waals surface area contributed by atoms with Crippen LogP contribution >= 0.6 is 0 Å². The number of likely N-dealkylation sites (N-methyl/N-ethyl adjacent to an activating group) is 1. The molecule has 0 bridgehead atoms. The third kappa shape index (κ3) is 3.58. The number of hydrogen-bond donors (Lipinski definition) is 3. The van der Waals surface area contributed by atoms with Gasteiger partial charge in [0.15, 0.2) is 0 Å². The van der Waals surface area contributed by atoms with E-state index < -0.39 is 17.3 Å². The Bertz CT molecular complexity index is 1140. The van der Waals surface area contributed by atoms with Crippen molar-refractivity contribution in [2.24, 2.45) is 28.6 Å². The standard InChI is InChI=1S/C30H44N2O6/c1-27-10-6-19(24-17-31(3)14-15-32(24)26(34)35)16-29(27,36)12-8-23-22(27)7-11-28(2)21(9-13-30(23,28)37)20-4-5-25(33)38-18-20/h4-5,18-19,21-24,36-37H,6-17H2,1-3H3,(H,34,35)/t19-,21+,22-,23+,24?,27+,28+,29-,30-/m0/s1. The second-order valence-electron chi connectivity index (χ2n) is 13.9. The number of amides is 1. The summed E-state index contributed by atoms with van der Waals surface area (Å²) in [6.07, 6.45) is 8.03. The van der Waals surface area contributed by atoms with Gasteiger partial charge in [0.1, 0.15) is 0 Å². The molecule has 1 aromatic rings. The fourth-order valence-corrected chi connectivity index (χ4v) is 10.3. The molecule has 8 nitrogen and oxygen atoms in total. The van der Waals surface area contributed by atoms with Crippen molar-refractivity contribution in [3.63, 3.8) is 0 Å². The van der Waals surface area contributed by atoms with Crippen molar-refractivity contribution in [1.82, 2.24) is 9.80 Å². The first-order valence-corrected chi connectivity index (χ1v) is 14.6. The van der Waals surface area contributed by atoms with Crippen LogP contribution in [-0.2, 0) is 0 Å². The number of fused-ring (bicyclic) bond motifs is 5. The average Bonchev–Trinajstić information content (AvgIpc) is 3.15. The molecule has 0 spiro atoms. The van der Waals surface area contributed by atoms with Crippen molar-refractivity contribution < 1.29 is 24.5 Å². The summed E-state index contributed by atoms with van der Waals surface area (Å²) < 4.78 is 5.21. The Morgan fingerprint density at radius 1 is 0.974 bits per heavy atom. The van der Waals surface area contributed by atoms with E-state index >= 15 is 0 Å². The van der Waals surface area contributed by atoms with E-state index in [9.17, 15) is 24.9 Å². The van der Waals surface area contributed by atoms with Gasteiger partial charge in [-0.1, -0.05) is 13.8 Å². The van der Waals surface area contributed by atoms with E-state index in [4.69, 9.17) is 4.42 Å². The normalized spacial score (nSPS) is 47.2. The summed E-state index contributed by atoms with van der Waals surface area (Å²) in [5.74, 6) is 0.647. The summed E-state index contributed by atoms with van der Waals surface area (Å²) in [6.45, 7) is 6.47. The first kappa shape index (κ1) is 26.3. The zero-order chi connectivity index (χ0) is 27.1. The molecule has 1 amide bonds. The molecule has 4 saturated carbocycles. The van der Waals surface area contributed by atoms with E-state index in [-0.39, 0.29) is 46.2 Å². The highest BCUT2D eigenvalue weighted by Gasteiger charge is 2.70. The lowest BCUT2D eigenvalue weighted by molar-refractivity contribution is -0.252. The summed E-state index contributed by atoms with van der Waals surface area (Å²) >= 11 is 0. The van der Waals surface area contributed by atoms with Gasteiger partial charge in [-0.15, -0.1) is 0 Å². The van der Waals surface area contributed by atoms with Gasteiger partial charge < -0.3 is 29.5 Å². The van der Waals surface area contributed by atoms with Gasteiger partial charge in [0, 0.05) is 31.1 Å². The van der Waals surface area contributed by atoms with Crippen molar-refractivity contribution in [3.05, 3.63) is 34.4 Å². The molecular formula is C30H44N2O6. The van der Waals surface area contributed by atoms with Gasteiger partial charge in [0.25, 0.3) is 0 Å². The largest absolute Gasteiger partial charge is 0.465 e. The van der Waals surface area contributed by atoms with E-state index in [1.807, 2.05) is 6.07 Å². The lowest BCUT2D eigenvalue weighted by atomic mass is 9.41. The zero-order valence-electron chi connectivity index (χ0n) is 23.1. The smallest absolute Gasteiger partial charge is 0.407 e. The van der Waals surface area contributed by atoms with Crippen LogP contribution < -0.4 is 5.63 Å². The molecule has 6 rings (SSSR count). The van der Waals surface area contributed by atoms with Gasteiger partial charge in [0.05, 0.1) is 23.5 Å². The molecule has 210 valence electrons. The third-order valence-electron chi connectivity index (χ3n) is 12.6. The van der Waals surface area contributed by atoms with Crippen molar-refractivity contribution in [3.8, 4) is 0 Å². The minimum Gasteiger partial charge on any atom is -0.465 e. The summed E-state index contributed by atoms with van der Waals surface area (Å²) in [5, 5.41) is 34.7. The van der Waals surface area contributed by atoms with Crippen LogP contribution in [0.1, 0.15) is 83.1 Å². The molecule has 1 saturated heterocycles. The highest BCUT2D eigenvalue weighted by atomic mass is 16.4. The maximum atomic E-state index is 12.5. The van der Waals surface area contributed by atoms with E-state index in [0.29, 0.717) is 19.4 Å². The predicted octanol–water partition coefficient (Wildman–Crippen LogP) is 3.91. The van der Waals surface area contributed by atoms with Gasteiger partial charge in [-0.05, 0) is 106 Å². The Balaban J connectivity index is 1.26. The Labute approximate surface area is 225 Å². The van der Waals surface area contributed by atoms with Gasteiger partial charge in [-0.25, -0.2) is 9.59 Å². The molecule has 0 radical (unpaired) electrons. The third-order valence-corrected chi connectivity index (χ3v) is 12.6. The number of piperazine rings is 1. The Morgan fingerprint density at radius 2 is 1.71 bits per heavy atom. The van der Waals surface area contributed by atoms with Crippen LogP contribution in [0.2, 0.25) is 0 Å². The molecule has 8 heteroatoms. The number of aliphatic hydroxyl groups is 2. The summed E-state index contributed by atoms with van der Waals surface area (Å²) in [4.78, 5) is 27.4. The molecule has 1 unspecified atom stereocenters. The monoisotopic (exact) mass is 528 g/mol. The molecule has 38 heavy (non-hydrogen) atoms. The maximum Gasteiger partial charge on any atom is 0.407 e. The zero-order valence-corrected chi connectivity index (χ0v) is 23.1.